The third-order valence-corrected chi connectivity index (χ3v) is 6.94. The third kappa shape index (κ3) is 5.78. The van der Waals surface area contributed by atoms with Crippen molar-refractivity contribution >= 4 is 56.4 Å². The molecule has 4 aromatic rings. The first-order valence-electron chi connectivity index (χ1n) is 10.7. The van der Waals surface area contributed by atoms with Crippen LogP contribution in [0.5, 0.6) is 5.75 Å². The van der Waals surface area contributed by atoms with Crippen LogP contribution in [0.3, 0.4) is 0 Å². The van der Waals surface area contributed by atoms with Crippen LogP contribution in [0.15, 0.2) is 71.9 Å². The molecule has 0 saturated carbocycles. The topological polar surface area (TPSA) is 119 Å². The summed E-state index contributed by atoms with van der Waals surface area (Å²) < 4.78 is 35.2. The number of benzene rings is 2. The number of nitrogens with zero attached hydrogens (tertiary/aromatic N) is 2. The van der Waals surface area contributed by atoms with Crippen molar-refractivity contribution in [3.63, 3.8) is 0 Å². The fraction of sp³-hybridized carbons (Fsp3) is 0.125. The summed E-state index contributed by atoms with van der Waals surface area (Å²) in [7, 11) is -4.32. The molecule has 186 valence electrons. The maximum atomic E-state index is 12.8. The van der Waals surface area contributed by atoms with Crippen molar-refractivity contribution in [2.45, 2.75) is 24.8 Å². The number of rotatable bonds is 8. The quantitative estimate of drug-likeness (QED) is 0.331. The lowest BCUT2D eigenvalue weighted by molar-refractivity contribution is -0.115. The van der Waals surface area contributed by atoms with Crippen LogP contribution in [-0.2, 0) is 21.4 Å². The van der Waals surface area contributed by atoms with E-state index in [1.807, 2.05) is 39.7 Å². The van der Waals surface area contributed by atoms with Gasteiger partial charge in [0, 0.05) is 24.4 Å². The molecule has 2 aromatic carbocycles. The van der Waals surface area contributed by atoms with Crippen molar-refractivity contribution in [2.24, 2.45) is 0 Å². The first-order valence-corrected chi connectivity index (χ1v) is 12.9. The van der Waals surface area contributed by atoms with Crippen LogP contribution in [0.2, 0.25) is 10.0 Å². The van der Waals surface area contributed by atoms with Crippen molar-refractivity contribution in [3.05, 3.63) is 88.3 Å². The number of imidazole rings is 1. The van der Waals surface area contributed by atoms with Gasteiger partial charge in [0.15, 0.2) is 0 Å². The zero-order chi connectivity index (χ0) is 25.9. The number of anilines is 1. The number of sulfonamides is 1. The standard InChI is InChI=1S/C24H20Cl2N4O5S/c1-2-22(31)28-23-19(25)11-18(12-20(23)26)36(33,34)29-24(32)15-6-5-7-17(10-15)35-14-16-13-30-9-4-3-8-21(30)27-16/h3-13H,2,14H2,1H3,(H,28,31)(H,29,32). The van der Waals surface area contributed by atoms with Gasteiger partial charge in [0.25, 0.3) is 15.9 Å². The Morgan fingerprint density at radius 3 is 2.50 bits per heavy atom. The average molecular weight is 547 g/mol. The SMILES string of the molecule is CCC(=O)Nc1c(Cl)cc(S(=O)(=O)NC(=O)c2cccc(OCc3cn4ccccc4n3)c2)cc1Cl. The fourth-order valence-electron chi connectivity index (χ4n) is 3.23. The normalized spacial score (nSPS) is 11.3. The Kier molecular flexibility index (Phi) is 7.48. The van der Waals surface area contributed by atoms with E-state index >= 15 is 0 Å². The third-order valence-electron chi connectivity index (χ3n) is 5.04. The second kappa shape index (κ2) is 10.6. The number of nitrogens with one attached hydrogen (secondary N) is 2. The second-order valence-electron chi connectivity index (χ2n) is 7.61. The van der Waals surface area contributed by atoms with Gasteiger partial charge in [-0.1, -0.05) is 42.3 Å². The molecule has 12 heteroatoms. The van der Waals surface area contributed by atoms with Gasteiger partial charge in [-0.25, -0.2) is 18.1 Å². The molecule has 0 atom stereocenters. The molecule has 0 radical (unpaired) electrons. The van der Waals surface area contributed by atoms with Crippen LogP contribution in [-0.4, -0.2) is 29.6 Å². The molecule has 2 heterocycles. The summed E-state index contributed by atoms with van der Waals surface area (Å²) in [4.78, 5) is 28.5. The number of carbonyl (C=O) groups is 2. The van der Waals surface area contributed by atoms with Gasteiger partial charge in [-0.15, -0.1) is 0 Å². The molecule has 2 aromatic heterocycles. The number of aromatic nitrogens is 2. The highest BCUT2D eigenvalue weighted by Crippen LogP contribution is 2.33. The van der Waals surface area contributed by atoms with Crippen LogP contribution in [0.1, 0.15) is 29.4 Å². The molecule has 0 saturated heterocycles. The highest BCUT2D eigenvalue weighted by molar-refractivity contribution is 7.90. The van der Waals surface area contributed by atoms with Gasteiger partial charge in [0.1, 0.15) is 18.0 Å². The molecule has 0 bridgehead atoms. The predicted molar refractivity (Wildman–Crippen MR) is 136 cm³/mol. The van der Waals surface area contributed by atoms with E-state index in [9.17, 15) is 18.0 Å². The Bertz CT molecular complexity index is 1510. The highest BCUT2D eigenvalue weighted by atomic mass is 35.5. The minimum atomic E-state index is -4.32. The van der Waals surface area contributed by atoms with Crippen molar-refractivity contribution < 1.29 is 22.7 Å². The van der Waals surface area contributed by atoms with Crippen molar-refractivity contribution in [3.8, 4) is 5.75 Å². The zero-order valence-corrected chi connectivity index (χ0v) is 21.2. The van der Waals surface area contributed by atoms with Crippen LogP contribution >= 0.6 is 23.2 Å². The maximum Gasteiger partial charge on any atom is 0.265 e. The molecule has 0 fully saturated rings. The zero-order valence-electron chi connectivity index (χ0n) is 18.9. The number of ether oxygens (including phenoxy) is 1. The molecular formula is C24H20Cl2N4O5S. The summed E-state index contributed by atoms with van der Waals surface area (Å²) in [6.07, 6.45) is 3.88. The summed E-state index contributed by atoms with van der Waals surface area (Å²) in [5.41, 5.74) is 1.61. The largest absolute Gasteiger partial charge is 0.487 e. The Morgan fingerprint density at radius 1 is 1.06 bits per heavy atom. The first kappa shape index (κ1) is 25.5. The van der Waals surface area contributed by atoms with Gasteiger partial charge in [0.05, 0.1) is 26.3 Å². The Balaban J connectivity index is 1.47. The van der Waals surface area contributed by atoms with E-state index in [0.717, 1.165) is 17.8 Å². The van der Waals surface area contributed by atoms with E-state index < -0.39 is 15.9 Å². The molecule has 0 unspecified atom stereocenters. The predicted octanol–water partition coefficient (Wildman–Crippen LogP) is 4.69. The van der Waals surface area contributed by atoms with Crippen LogP contribution in [0, 0.1) is 0 Å². The lowest BCUT2D eigenvalue weighted by Gasteiger charge is -2.12. The van der Waals surface area contributed by atoms with Crippen LogP contribution < -0.4 is 14.8 Å². The highest BCUT2D eigenvalue weighted by Gasteiger charge is 2.22. The van der Waals surface area contributed by atoms with Crippen LogP contribution in [0.25, 0.3) is 5.65 Å². The molecular weight excluding hydrogens is 527 g/mol. The number of pyridine rings is 1. The second-order valence-corrected chi connectivity index (χ2v) is 10.1. The molecule has 2 amide bonds. The number of amides is 2. The minimum absolute atomic E-state index is 0.0649. The first-order chi connectivity index (χ1) is 17.2. The molecule has 0 aliphatic rings. The monoisotopic (exact) mass is 546 g/mol. The van der Waals surface area contributed by atoms with Crippen molar-refractivity contribution in [1.29, 1.82) is 0 Å². The molecule has 4 rings (SSSR count). The van der Waals surface area contributed by atoms with Gasteiger partial charge in [-0.05, 0) is 42.5 Å². The van der Waals surface area contributed by atoms with Gasteiger partial charge in [0.2, 0.25) is 5.91 Å². The van der Waals surface area contributed by atoms with E-state index in [1.54, 1.807) is 19.1 Å². The van der Waals surface area contributed by atoms with Gasteiger partial charge in [-0.3, -0.25) is 9.59 Å². The van der Waals surface area contributed by atoms with Crippen molar-refractivity contribution in [1.82, 2.24) is 14.1 Å². The van der Waals surface area contributed by atoms with E-state index in [-0.39, 0.29) is 45.1 Å². The Labute approximate surface area is 217 Å². The molecule has 9 nitrogen and oxygen atoms in total. The smallest absolute Gasteiger partial charge is 0.265 e. The summed E-state index contributed by atoms with van der Waals surface area (Å²) in [6.45, 7) is 1.80. The van der Waals surface area contributed by atoms with E-state index in [2.05, 4.69) is 10.3 Å². The fourth-order valence-corrected chi connectivity index (χ4v) is 4.97. The van der Waals surface area contributed by atoms with E-state index in [1.165, 1.54) is 12.1 Å². The van der Waals surface area contributed by atoms with E-state index in [0.29, 0.717) is 11.4 Å². The lowest BCUT2D eigenvalue weighted by atomic mass is 10.2. The number of fused-ring (bicyclic) bond motifs is 1. The Hall–Kier alpha value is -3.60. The van der Waals surface area contributed by atoms with Gasteiger partial charge in [-0.2, -0.15) is 0 Å². The number of halogens is 2. The van der Waals surface area contributed by atoms with Crippen molar-refractivity contribution in [2.75, 3.05) is 5.32 Å². The molecule has 0 spiro atoms. The number of hydrogen-bond donors (Lipinski definition) is 2. The summed E-state index contributed by atoms with van der Waals surface area (Å²) in [5.74, 6) is -0.853. The number of carbonyl (C=O) groups excluding carboxylic acids is 2. The van der Waals surface area contributed by atoms with Crippen LogP contribution in [0.4, 0.5) is 5.69 Å². The summed E-state index contributed by atoms with van der Waals surface area (Å²) >= 11 is 12.3. The lowest BCUT2D eigenvalue weighted by Crippen LogP contribution is -2.30. The molecule has 2 N–H and O–H groups in total. The Morgan fingerprint density at radius 2 is 1.81 bits per heavy atom. The maximum absolute atomic E-state index is 12.8. The number of hydrogen-bond acceptors (Lipinski definition) is 6. The average Bonchev–Trinajstić information content (AvgIpc) is 3.27. The molecule has 0 aliphatic heterocycles. The van der Waals surface area contributed by atoms with Gasteiger partial charge >= 0.3 is 0 Å². The summed E-state index contributed by atoms with van der Waals surface area (Å²) in [5, 5.41) is 2.34. The summed E-state index contributed by atoms with van der Waals surface area (Å²) in [6, 6.07) is 13.9. The van der Waals surface area contributed by atoms with E-state index in [4.69, 9.17) is 27.9 Å². The molecule has 0 aliphatic carbocycles. The minimum Gasteiger partial charge on any atom is -0.487 e. The van der Waals surface area contributed by atoms with Gasteiger partial charge < -0.3 is 14.5 Å². The molecule has 36 heavy (non-hydrogen) atoms.